The van der Waals surface area contributed by atoms with Crippen LogP contribution in [0, 0.1) is 0 Å². The zero-order chi connectivity index (χ0) is 19.6. The summed E-state index contributed by atoms with van der Waals surface area (Å²) in [4.78, 5) is 35.1. The maximum Gasteiger partial charge on any atom is 0.344 e. The lowest BCUT2D eigenvalue weighted by Gasteiger charge is -2.09. The van der Waals surface area contributed by atoms with Crippen molar-refractivity contribution in [3.05, 3.63) is 54.1 Å². The second-order valence-corrected chi connectivity index (χ2v) is 5.53. The number of esters is 1. The highest BCUT2D eigenvalue weighted by atomic mass is 16.6. The largest absolute Gasteiger partial charge is 0.497 e. The van der Waals surface area contributed by atoms with E-state index < -0.39 is 18.5 Å². The Morgan fingerprint density at radius 2 is 1.70 bits per heavy atom. The van der Waals surface area contributed by atoms with Crippen molar-refractivity contribution in [2.24, 2.45) is 0 Å². The zero-order valence-electron chi connectivity index (χ0n) is 15.2. The van der Waals surface area contributed by atoms with Crippen LogP contribution in [0.4, 0.5) is 5.69 Å². The molecule has 7 heteroatoms. The van der Waals surface area contributed by atoms with Crippen molar-refractivity contribution in [3.63, 3.8) is 0 Å². The number of anilines is 1. The molecule has 0 atom stereocenters. The van der Waals surface area contributed by atoms with Crippen LogP contribution in [0.25, 0.3) is 0 Å². The van der Waals surface area contributed by atoms with Crippen LogP contribution in [0.2, 0.25) is 0 Å². The molecule has 0 unspecified atom stereocenters. The zero-order valence-corrected chi connectivity index (χ0v) is 15.2. The van der Waals surface area contributed by atoms with Crippen molar-refractivity contribution in [2.45, 2.75) is 13.3 Å². The SMILES string of the molecule is CCC(=O)c1ccc(OCC(=O)OCC(=O)Nc2cccc(OC)c2)cc1. The van der Waals surface area contributed by atoms with Gasteiger partial charge in [-0.2, -0.15) is 0 Å². The molecule has 0 saturated carbocycles. The fourth-order valence-corrected chi connectivity index (χ4v) is 2.17. The quantitative estimate of drug-likeness (QED) is 0.538. The van der Waals surface area contributed by atoms with Gasteiger partial charge in [0.1, 0.15) is 11.5 Å². The highest BCUT2D eigenvalue weighted by molar-refractivity contribution is 5.96. The first-order valence-electron chi connectivity index (χ1n) is 8.37. The molecule has 0 heterocycles. The van der Waals surface area contributed by atoms with Crippen molar-refractivity contribution < 1.29 is 28.6 Å². The van der Waals surface area contributed by atoms with Gasteiger partial charge >= 0.3 is 5.97 Å². The molecule has 7 nitrogen and oxygen atoms in total. The van der Waals surface area contributed by atoms with Gasteiger partial charge in [0.25, 0.3) is 5.91 Å². The van der Waals surface area contributed by atoms with Gasteiger partial charge in [-0.1, -0.05) is 13.0 Å². The monoisotopic (exact) mass is 371 g/mol. The van der Waals surface area contributed by atoms with Crippen LogP contribution in [0.15, 0.2) is 48.5 Å². The summed E-state index contributed by atoms with van der Waals surface area (Å²) in [5.41, 5.74) is 1.12. The summed E-state index contributed by atoms with van der Waals surface area (Å²) >= 11 is 0. The minimum Gasteiger partial charge on any atom is -0.497 e. The van der Waals surface area contributed by atoms with Crippen LogP contribution in [-0.4, -0.2) is 38.0 Å². The van der Waals surface area contributed by atoms with Crippen molar-refractivity contribution in [1.29, 1.82) is 0 Å². The van der Waals surface area contributed by atoms with Crippen LogP contribution in [0.5, 0.6) is 11.5 Å². The van der Waals surface area contributed by atoms with Crippen LogP contribution in [-0.2, 0) is 14.3 Å². The van der Waals surface area contributed by atoms with Gasteiger partial charge in [0, 0.05) is 23.7 Å². The van der Waals surface area contributed by atoms with E-state index in [1.165, 1.54) is 7.11 Å². The van der Waals surface area contributed by atoms with Crippen LogP contribution < -0.4 is 14.8 Å². The molecule has 1 N–H and O–H groups in total. The molecule has 1 amide bonds. The van der Waals surface area contributed by atoms with Crippen molar-refractivity contribution in [3.8, 4) is 11.5 Å². The standard InChI is InChI=1S/C20H21NO6/c1-3-18(22)14-7-9-16(10-8-14)26-13-20(24)27-12-19(23)21-15-5-4-6-17(11-15)25-2/h4-11H,3,12-13H2,1-2H3,(H,21,23). The highest BCUT2D eigenvalue weighted by Gasteiger charge is 2.10. The molecule has 0 radical (unpaired) electrons. The first-order valence-corrected chi connectivity index (χ1v) is 8.37. The molecule has 0 fully saturated rings. The molecule has 0 saturated heterocycles. The number of hydrogen-bond donors (Lipinski definition) is 1. The van der Waals surface area contributed by atoms with E-state index in [4.69, 9.17) is 14.2 Å². The topological polar surface area (TPSA) is 90.9 Å². The fraction of sp³-hybridized carbons (Fsp3) is 0.250. The molecular formula is C20H21NO6. The number of ether oxygens (including phenoxy) is 3. The number of hydrogen-bond acceptors (Lipinski definition) is 6. The lowest BCUT2D eigenvalue weighted by molar-refractivity contribution is -0.149. The van der Waals surface area contributed by atoms with Crippen LogP contribution in [0.1, 0.15) is 23.7 Å². The Morgan fingerprint density at radius 3 is 2.37 bits per heavy atom. The van der Waals surface area contributed by atoms with E-state index in [2.05, 4.69) is 5.32 Å². The lowest BCUT2D eigenvalue weighted by atomic mass is 10.1. The maximum absolute atomic E-state index is 11.8. The molecule has 142 valence electrons. The summed E-state index contributed by atoms with van der Waals surface area (Å²) in [6, 6.07) is 13.3. The molecule has 0 aliphatic rings. The van der Waals surface area contributed by atoms with Gasteiger partial charge < -0.3 is 19.5 Å². The Labute approximate surface area is 157 Å². The minimum atomic E-state index is -0.676. The third kappa shape index (κ3) is 6.47. The maximum atomic E-state index is 11.8. The first-order chi connectivity index (χ1) is 13.0. The van der Waals surface area contributed by atoms with E-state index in [1.807, 2.05) is 0 Å². The Hall–Kier alpha value is -3.35. The fourth-order valence-electron chi connectivity index (χ4n) is 2.17. The first kappa shape index (κ1) is 20.0. The molecule has 0 aromatic heterocycles. The molecule has 0 aliphatic carbocycles. The number of carbonyl (C=O) groups is 3. The third-order valence-corrected chi connectivity index (χ3v) is 3.57. The Morgan fingerprint density at radius 1 is 0.963 bits per heavy atom. The van der Waals surface area contributed by atoms with Gasteiger partial charge in [-0.3, -0.25) is 9.59 Å². The molecule has 27 heavy (non-hydrogen) atoms. The molecular weight excluding hydrogens is 350 g/mol. The van der Waals surface area contributed by atoms with E-state index >= 15 is 0 Å². The molecule has 2 aromatic carbocycles. The normalized spacial score (nSPS) is 10.0. The predicted molar refractivity (Wildman–Crippen MR) is 99.1 cm³/mol. The van der Waals surface area contributed by atoms with Crippen LogP contribution >= 0.6 is 0 Å². The number of carbonyl (C=O) groups excluding carboxylic acids is 3. The summed E-state index contributed by atoms with van der Waals surface area (Å²) in [7, 11) is 1.53. The van der Waals surface area contributed by atoms with E-state index in [-0.39, 0.29) is 12.4 Å². The van der Waals surface area contributed by atoms with Gasteiger partial charge in [0.2, 0.25) is 0 Å². The van der Waals surface area contributed by atoms with E-state index in [0.29, 0.717) is 29.2 Å². The minimum absolute atomic E-state index is 0.0306. The molecule has 0 spiro atoms. The second-order valence-electron chi connectivity index (χ2n) is 5.53. The van der Waals surface area contributed by atoms with Crippen molar-refractivity contribution in [2.75, 3.05) is 25.6 Å². The number of benzene rings is 2. The van der Waals surface area contributed by atoms with Gasteiger partial charge in [0.15, 0.2) is 19.0 Å². The number of ketones is 1. The van der Waals surface area contributed by atoms with E-state index in [1.54, 1.807) is 55.5 Å². The number of nitrogens with one attached hydrogen (secondary N) is 1. The van der Waals surface area contributed by atoms with Gasteiger partial charge in [0.05, 0.1) is 7.11 Å². The smallest absolute Gasteiger partial charge is 0.344 e. The van der Waals surface area contributed by atoms with Crippen LogP contribution in [0.3, 0.4) is 0 Å². The van der Waals surface area contributed by atoms with Gasteiger partial charge in [-0.25, -0.2) is 4.79 Å². The van der Waals surface area contributed by atoms with Gasteiger partial charge in [-0.15, -0.1) is 0 Å². The highest BCUT2D eigenvalue weighted by Crippen LogP contribution is 2.16. The average Bonchev–Trinajstić information content (AvgIpc) is 2.70. The predicted octanol–water partition coefficient (Wildman–Crippen LogP) is 2.85. The summed E-state index contributed by atoms with van der Waals surface area (Å²) in [5, 5.41) is 2.60. The van der Waals surface area contributed by atoms with Crippen molar-refractivity contribution in [1.82, 2.24) is 0 Å². The number of methoxy groups -OCH3 is 1. The number of amides is 1. The number of rotatable bonds is 9. The Kier molecular flexibility index (Phi) is 7.37. The second kappa shape index (κ2) is 9.96. The van der Waals surface area contributed by atoms with E-state index in [0.717, 1.165) is 0 Å². The molecule has 0 bridgehead atoms. The lowest BCUT2D eigenvalue weighted by Crippen LogP contribution is -2.23. The summed E-state index contributed by atoms with van der Waals surface area (Å²) in [6.45, 7) is 1.02. The summed E-state index contributed by atoms with van der Waals surface area (Å²) < 4.78 is 15.2. The molecule has 2 aromatic rings. The third-order valence-electron chi connectivity index (χ3n) is 3.57. The van der Waals surface area contributed by atoms with Crippen molar-refractivity contribution >= 4 is 23.3 Å². The number of Topliss-reactive ketones (excluding diaryl/α,β-unsaturated/α-hetero) is 1. The van der Waals surface area contributed by atoms with Gasteiger partial charge in [-0.05, 0) is 36.4 Å². The van der Waals surface area contributed by atoms with E-state index in [9.17, 15) is 14.4 Å². The summed E-state index contributed by atoms with van der Waals surface area (Å²) in [5.74, 6) is -0.0863. The average molecular weight is 371 g/mol. The molecule has 0 aliphatic heterocycles. The Bertz CT molecular complexity index is 800. The molecule has 2 rings (SSSR count). The Balaban J connectivity index is 1.73. The summed E-state index contributed by atoms with van der Waals surface area (Å²) in [6.07, 6.45) is 0.421.